The second kappa shape index (κ2) is 7.93. The minimum absolute atomic E-state index is 0.0653. The number of carbonyl (C=O) groups is 3. The van der Waals surface area contributed by atoms with Crippen LogP contribution in [-0.4, -0.2) is 29.1 Å². The number of ether oxygens (including phenoxy) is 2. The van der Waals surface area contributed by atoms with E-state index in [9.17, 15) is 14.4 Å². The van der Waals surface area contributed by atoms with Crippen LogP contribution in [0.3, 0.4) is 0 Å². The highest BCUT2D eigenvalue weighted by atomic mass is 16.6. The number of alkyl carbamates (subject to hydrolysis) is 1. The zero-order valence-corrected chi connectivity index (χ0v) is 15.0. The van der Waals surface area contributed by atoms with Crippen LogP contribution in [0.1, 0.15) is 16.7 Å². The van der Waals surface area contributed by atoms with Crippen LogP contribution < -0.4 is 15.8 Å². The number of amides is 2. The van der Waals surface area contributed by atoms with Crippen molar-refractivity contribution in [3.05, 3.63) is 64.9 Å². The number of aryl methyl sites for hydroxylation is 1. The van der Waals surface area contributed by atoms with Gasteiger partial charge in [-0.15, -0.1) is 0 Å². The monoisotopic (exact) mass is 382 g/mol. The van der Waals surface area contributed by atoms with Gasteiger partial charge in [-0.2, -0.15) is 0 Å². The summed E-state index contributed by atoms with van der Waals surface area (Å²) in [6, 6.07) is 11.3. The lowest BCUT2D eigenvalue weighted by atomic mass is 10.0. The number of nitrogens with two attached hydrogens (primary N) is 1. The van der Waals surface area contributed by atoms with Crippen molar-refractivity contribution in [3.8, 4) is 11.5 Å². The second-order valence-electron chi connectivity index (χ2n) is 6.26. The van der Waals surface area contributed by atoms with Gasteiger partial charge in [0.2, 0.25) is 0 Å². The number of carboxylic acid groups (broad SMARTS) is 1. The third-order valence-electron chi connectivity index (χ3n) is 4.13. The molecule has 0 bridgehead atoms. The van der Waals surface area contributed by atoms with Crippen LogP contribution in [0.2, 0.25) is 0 Å². The van der Waals surface area contributed by atoms with E-state index in [0.29, 0.717) is 17.1 Å². The number of carboxylic acids is 1. The summed E-state index contributed by atoms with van der Waals surface area (Å²) in [5, 5.41) is 10.9. The Hall–Kier alpha value is -3.65. The molecule has 0 radical (unpaired) electrons. The number of imide groups is 1. The zero-order chi connectivity index (χ0) is 20.3. The van der Waals surface area contributed by atoms with Gasteiger partial charge in [-0.3, -0.25) is 14.9 Å². The second-order valence-corrected chi connectivity index (χ2v) is 6.26. The molecule has 2 amide bonds. The first-order chi connectivity index (χ1) is 13.3. The van der Waals surface area contributed by atoms with Crippen LogP contribution in [-0.2, 0) is 20.7 Å². The van der Waals surface area contributed by atoms with Crippen molar-refractivity contribution in [2.45, 2.75) is 19.4 Å². The van der Waals surface area contributed by atoms with E-state index >= 15 is 0 Å². The molecule has 4 N–H and O–H groups in total. The number of carbonyl (C=O) groups excluding carboxylic acids is 2. The van der Waals surface area contributed by atoms with E-state index in [1.54, 1.807) is 36.4 Å². The minimum atomic E-state index is -1.04. The van der Waals surface area contributed by atoms with E-state index in [1.807, 2.05) is 18.3 Å². The smallest absolute Gasteiger partial charge is 0.419 e. The molecule has 0 saturated carbocycles. The Morgan fingerprint density at radius 3 is 2.46 bits per heavy atom. The SMILES string of the molecule is Cc1cc(Oc2ccc(/C=C3/OC(=O)NC3=O)cc2)ccc1CC(N)C(=O)O. The summed E-state index contributed by atoms with van der Waals surface area (Å²) in [4.78, 5) is 33.4. The maximum absolute atomic E-state index is 11.5. The maximum atomic E-state index is 11.5. The summed E-state index contributed by atoms with van der Waals surface area (Å²) in [6.45, 7) is 1.86. The summed E-state index contributed by atoms with van der Waals surface area (Å²) in [7, 11) is 0. The van der Waals surface area contributed by atoms with Crippen molar-refractivity contribution in [2.75, 3.05) is 0 Å². The molecular weight excluding hydrogens is 364 g/mol. The van der Waals surface area contributed by atoms with Crippen molar-refractivity contribution in [2.24, 2.45) is 5.73 Å². The van der Waals surface area contributed by atoms with Gasteiger partial charge < -0.3 is 20.3 Å². The average molecular weight is 382 g/mol. The average Bonchev–Trinajstić information content (AvgIpc) is 2.96. The minimum Gasteiger partial charge on any atom is -0.480 e. The van der Waals surface area contributed by atoms with E-state index in [4.69, 9.17) is 20.3 Å². The lowest BCUT2D eigenvalue weighted by Gasteiger charge is -2.12. The van der Waals surface area contributed by atoms with Gasteiger partial charge >= 0.3 is 12.1 Å². The molecule has 1 aliphatic heterocycles. The normalized spacial score (nSPS) is 15.9. The van der Waals surface area contributed by atoms with Crippen LogP contribution in [0.5, 0.6) is 11.5 Å². The van der Waals surface area contributed by atoms with Crippen molar-refractivity contribution in [1.29, 1.82) is 0 Å². The highest BCUT2D eigenvalue weighted by Gasteiger charge is 2.25. The first-order valence-electron chi connectivity index (χ1n) is 8.42. The highest BCUT2D eigenvalue weighted by Crippen LogP contribution is 2.25. The fourth-order valence-electron chi connectivity index (χ4n) is 2.63. The fourth-order valence-corrected chi connectivity index (χ4v) is 2.63. The van der Waals surface area contributed by atoms with E-state index in [0.717, 1.165) is 11.1 Å². The largest absolute Gasteiger partial charge is 0.480 e. The Balaban J connectivity index is 1.68. The summed E-state index contributed by atoms with van der Waals surface area (Å²) in [5.74, 6) is -0.516. The molecule has 0 aromatic heterocycles. The number of cyclic esters (lactones) is 1. The molecule has 1 atom stereocenters. The summed E-state index contributed by atoms with van der Waals surface area (Å²) in [6.07, 6.45) is 0.900. The molecule has 0 spiro atoms. The molecule has 2 aromatic rings. The number of benzene rings is 2. The topological polar surface area (TPSA) is 128 Å². The summed E-state index contributed by atoms with van der Waals surface area (Å²) in [5.41, 5.74) is 7.97. The Morgan fingerprint density at radius 2 is 1.89 bits per heavy atom. The molecule has 144 valence electrons. The van der Waals surface area contributed by atoms with E-state index in [2.05, 4.69) is 0 Å². The maximum Gasteiger partial charge on any atom is 0.419 e. The van der Waals surface area contributed by atoms with Gasteiger partial charge in [-0.1, -0.05) is 18.2 Å². The van der Waals surface area contributed by atoms with Crippen LogP contribution >= 0.6 is 0 Å². The predicted molar refractivity (Wildman–Crippen MR) is 99.6 cm³/mol. The van der Waals surface area contributed by atoms with Crippen molar-refractivity contribution in [3.63, 3.8) is 0 Å². The molecule has 3 rings (SSSR count). The molecule has 1 heterocycles. The van der Waals surface area contributed by atoms with Gasteiger partial charge in [0.15, 0.2) is 5.76 Å². The zero-order valence-electron chi connectivity index (χ0n) is 15.0. The number of rotatable bonds is 6. The molecule has 2 aromatic carbocycles. The van der Waals surface area contributed by atoms with Gasteiger partial charge in [0.1, 0.15) is 17.5 Å². The van der Waals surface area contributed by atoms with Crippen molar-refractivity contribution in [1.82, 2.24) is 5.32 Å². The standard InChI is InChI=1S/C20H18N2O6/c1-11-8-15(7-4-13(11)10-16(21)19(24)25)27-14-5-2-12(3-6-14)9-17-18(23)22-20(26)28-17/h2-9,16H,10,21H2,1H3,(H,24,25)(H,22,23,26)/b17-9+. The number of nitrogens with one attached hydrogen (secondary N) is 1. The van der Waals surface area contributed by atoms with Gasteiger partial charge in [0, 0.05) is 0 Å². The summed E-state index contributed by atoms with van der Waals surface area (Å²) < 4.78 is 10.6. The molecule has 8 heteroatoms. The third kappa shape index (κ3) is 4.54. The molecule has 1 unspecified atom stereocenters. The first kappa shape index (κ1) is 19.1. The fraction of sp³-hybridized carbons (Fsp3) is 0.150. The van der Waals surface area contributed by atoms with Crippen LogP contribution in [0, 0.1) is 6.92 Å². The Kier molecular flexibility index (Phi) is 5.42. The molecule has 0 aliphatic carbocycles. The molecule has 28 heavy (non-hydrogen) atoms. The van der Waals surface area contributed by atoms with Crippen molar-refractivity contribution < 1.29 is 29.0 Å². The summed E-state index contributed by atoms with van der Waals surface area (Å²) >= 11 is 0. The quantitative estimate of drug-likeness (QED) is 0.654. The van der Waals surface area contributed by atoms with Gasteiger partial charge in [-0.25, -0.2) is 4.79 Å². The first-order valence-corrected chi connectivity index (χ1v) is 8.42. The lowest BCUT2D eigenvalue weighted by molar-refractivity contribution is -0.138. The molecule has 8 nitrogen and oxygen atoms in total. The predicted octanol–water partition coefficient (Wildman–Crippen LogP) is 2.35. The van der Waals surface area contributed by atoms with E-state index in [-0.39, 0.29) is 12.2 Å². The molecular formula is C20H18N2O6. The lowest BCUT2D eigenvalue weighted by Crippen LogP contribution is -2.32. The highest BCUT2D eigenvalue weighted by molar-refractivity contribution is 6.09. The van der Waals surface area contributed by atoms with Crippen LogP contribution in [0.15, 0.2) is 48.2 Å². The molecule has 1 aliphatic rings. The van der Waals surface area contributed by atoms with E-state index < -0.39 is 24.0 Å². The Bertz CT molecular complexity index is 965. The molecule has 1 fully saturated rings. The number of aliphatic carboxylic acids is 1. The van der Waals surface area contributed by atoms with Gasteiger partial charge in [0.05, 0.1) is 0 Å². The third-order valence-corrected chi connectivity index (χ3v) is 4.13. The van der Waals surface area contributed by atoms with Crippen LogP contribution in [0.25, 0.3) is 6.08 Å². The Morgan fingerprint density at radius 1 is 1.21 bits per heavy atom. The number of hydrogen-bond acceptors (Lipinski definition) is 6. The Labute approximate surface area is 160 Å². The van der Waals surface area contributed by atoms with Crippen LogP contribution in [0.4, 0.5) is 4.79 Å². The van der Waals surface area contributed by atoms with E-state index in [1.165, 1.54) is 6.08 Å². The van der Waals surface area contributed by atoms with Crippen molar-refractivity contribution >= 4 is 24.0 Å². The van der Waals surface area contributed by atoms with Gasteiger partial charge in [0.25, 0.3) is 5.91 Å². The number of hydrogen-bond donors (Lipinski definition) is 3. The van der Waals surface area contributed by atoms with Gasteiger partial charge in [-0.05, 0) is 60.4 Å². The molecule has 1 saturated heterocycles.